The average Bonchev–Trinajstić information content (AvgIpc) is 3.26. The number of rotatable bonds is 8. The predicted molar refractivity (Wildman–Crippen MR) is 123 cm³/mol. The topological polar surface area (TPSA) is 125 Å². The number of fused-ring (bicyclic) bond motifs is 4. The fourth-order valence-electron chi connectivity index (χ4n) is 5.72. The molecule has 3 unspecified atom stereocenters. The Kier molecular flexibility index (Phi) is 5.77. The second kappa shape index (κ2) is 8.76. The highest BCUT2D eigenvalue weighted by atomic mass is 16.5. The number of aliphatic hydroxyl groups excluding tert-OH is 1. The molecular formula is C26H28N2O6. The Morgan fingerprint density at radius 1 is 1.03 bits per heavy atom. The molecule has 0 aliphatic heterocycles. The van der Waals surface area contributed by atoms with Crippen LogP contribution in [0.25, 0.3) is 11.1 Å². The van der Waals surface area contributed by atoms with E-state index in [0.717, 1.165) is 24.0 Å². The Balaban J connectivity index is 1.12. The summed E-state index contributed by atoms with van der Waals surface area (Å²) in [6, 6.07) is 16.2. The van der Waals surface area contributed by atoms with Gasteiger partial charge in [-0.2, -0.15) is 0 Å². The number of aliphatic hydroxyl groups is 1. The van der Waals surface area contributed by atoms with Crippen molar-refractivity contribution in [3.63, 3.8) is 0 Å². The van der Waals surface area contributed by atoms with Crippen LogP contribution in [0.15, 0.2) is 48.5 Å². The lowest BCUT2D eigenvalue weighted by Crippen LogP contribution is -2.39. The highest BCUT2D eigenvalue weighted by molar-refractivity contribution is 5.87. The summed E-state index contributed by atoms with van der Waals surface area (Å²) >= 11 is 0. The highest BCUT2D eigenvalue weighted by Crippen LogP contribution is 2.63. The van der Waals surface area contributed by atoms with E-state index in [0.29, 0.717) is 6.42 Å². The molecular weight excluding hydrogens is 436 g/mol. The molecule has 2 aromatic rings. The summed E-state index contributed by atoms with van der Waals surface area (Å²) < 4.78 is 5.62. The smallest absolute Gasteiger partial charge is 0.407 e. The maximum absolute atomic E-state index is 12.6. The van der Waals surface area contributed by atoms with Crippen LogP contribution in [0.1, 0.15) is 42.7 Å². The van der Waals surface area contributed by atoms with Crippen LogP contribution < -0.4 is 10.6 Å². The Morgan fingerprint density at radius 2 is 1.68 bits per heavy atom. The van der Waals surface area contributed by atoms with Gasteiger partial charge in [-0.15, -0.1) is 0 Å². The average molecular weight is 465 g/mol. The zero-order valence-corrected chi connectivity index (χ0v) is 18.7. The van der Waals surface area contributed by atoms with Crippen LogP contribution in [0.3, 0.4) is 0 Å². The number of benzene rings is 2. The lowest BCUT2D eigenvalue weighted by molar-refractivity contribution is -0.147. The second-order valence-corrected chi connectivity index (χ2v) is 9.56. The zero-order valence-electron chi connectivity index (χ0n) is 18.7. The summed E-state index contributed by atoms with van der Waals surface area (Å²) in [5.74, 6) is -1.24. The molecule has 8 heteroatoms. The van der Waals surface area contributed by atoms with Gasteiger partial charge in [0, 0.05) is 24.9 Å². The molecule has 0 spiro atoms. The van der Waals surface area contributed by atoms with E-state index >= 15 is 0 Å². The summed E-state index contributed by atoms with van der Waals surface area (Å²) in [4.78, 5) is 35.9. The first-order valence-electron chi connectivity index (χ1n) is 11.7. The minimum atomic E-state index is -1.49. The van der Waals surface area contributed by atoms with Gasteiger partial charge in [0.2, 0.25) is 5.91 Å². The van der Waals surface area contributed by atoms with Gasteiger partial charge in [0.15, 0.2) is 6.10 Å². The van der Waals surface area contributed by atoms with Crippen LogP contribution in [0.5, 0.6) is 0 Å². The van der Waals surface area contributed by atoms with Crippen LogP contribution in [0, 0.1) is 11.3 Å². The van der Waals surface area contributed by atoms with Gasteiger partial charge in [0.25, 0.3) is 0 Å². The van der Waals surface area contributed by atoms with Gasteiger partial charge in [-0.05, 0) is 47.4 Å². The molecule has 178 valence electrons. The van der Waals surface area contributed by atoms with Gasteiger partial charge < -0.3 is 25.6 Å². The van der Waals surface area contributed by atoms with Gasteiger partial charge in [0.05, 0.1) is 5.41 Å². The largest absolute Gasteiger partial charge is 0.479 e. The third-order valence-corrected chi connectivity index (χ3v) is 7.52. The van der Waals surface area contributed by atoms with E-state index in [9.17, 15) is 19.5 Å². The maximum Gasteiger partial charge on any atom is 0.407 e. The van der Waals surface area contributed by atoms with Crippen LogP contribution >= 0.6 is 0 Å². The maximum atomic E-state index is 12.6. The molecule has 2 aromatic carbocycles. The van der Waals surface area contributed by atoms with Crippen molar-refractivity contribution in [3.05, 3.63) is 59.7 Å². The molecule has 0 bridgehead atoms. The number of hydrogen-bond donors (Lipinski definition) is 4. The summed E-state index contributed by atoms with van der Waals surface area (Å²) in [7, 11) is 0. The molecule has 8 nitrogen and oxygen atoms in total. The SMILES string of the molecule is O=C(NC1CC2CC2(C(=O)NCC[C@H](O)C(=O)O)C1)OCC1c2ccccc2-c2ccccc21. The molecule has 4 N–H and O–H groups in total. The molecule has 0 heterocycles. The molecule has 2 fully saturated rings. The highest BCUT2D eigenvalue weighted by Gasteiger charge is 2.65. The van der Waals surface area contributed by atoms with Crippen molar-refractivity contribution in [3.8, 4) is 11.1 Å². The van der Waals surface area contributed by atoms with E-state index in [2.05, 4.69) is 34.9 Å². The molecule has 34 heavy (non-hydrogen) atoms. The lowest BCUT2D eigenvalue weighted by Gasteiger charge is -2.19. The lowest BCUT2D eigenvalue weighted by atomic mass is 9.98. The Morgan fingerprint density at radius 3 is 2.32 bits per heavy atom. The van der Waals surface area contributed by atoms with Crippen LogP contribution in [-0.2, 0) is 14.3 Å². The number of carboxylic acids is 1. The quantitative estimate of drug-likeness (QED) is 0.476. The number of alkyl carbamates (subject to hydrolysis) is 1. The third kappa shape index (κ3) is 4.03. The Labute approximate surface area is 197 Å². The monoisotopic (exact) mass is 464 g/mol. The van der Waals surface area contributed by atoms with E-state index in [-0.39, 0.29) is 43.4 Å². The predicted octanol–water partition coefficient (Wildman–Crippen LogP) is 2.65. The molecule has 3 aliphatic rings. The van der Waals surface area contributed by atoms with E-state index in [4.69, 9.17) is 9.84 Å². The molecule has 5 rings (SSSR count). The minimum Gasteiger partial charge on any atom is -0.479 e. The number of hydrogen-bond acceptors (Lipinski definition) is 5. The van der Waals surface area contributed by atoms with E-state index in [1.54, 1.807) is 0 Å². The number of amides is 2. The number of nitrogens with one attached hydrogen (secondary N) is 2. The number of ether oxygens (including phenoxy) is 1. The molecule has 0 radical (unpaired) electrons. The third-order valence-electron chi connectivity index (χ3n) is 7.52. The van der Waals surface area contributed by atoms with E-state index < -0.39 is 23.6 Å². The Bertz CT molecular complexity index is 1090. The first-order chi connectivity index (χ1) is 16.4. The first-order valence-corrected chi connectivity index (χ1v) is 11.7. The van der Waals surface area contributed by atoms with Crippen LogP contribution in [0.4, 0.5) is 4.79 Å². The van der Waals surface area contributed by atoms with Gasteiger partial charge in [-0.3, -0.25) is 4.79 Å². The number of carboxylic acid groups (broad SMARTS) is 1. The molecule has 0 saturated heterocycles. The minimum absolute atomic E-state index is 0.00611. The summed E-state index contributed by atoms with van der Waals surface area (Å²) in [6.45, 7) is 0.346. The summed E-state index contributed by atoms with van der Waals surface area (Å²) in [6.07, 6.45) is 0.0180. The van der Waals surface area contributed by atoms with Crippen molar-refractivity contribution < 1.29 is 29.3 Å². The van der Waals surface area contributed by atoms with Gasteiger partial charge in [-0.25, -0.2) is 9.59 Å². The van der Waals surface area contributed by atoms with Crippen molar-refractivity contribution in [2.75, 3.05) is 13.2 Å². The zero-order chi connectivity index (χ0) is 23.9. The van der Waals surface area contributed by atoms with E-state index in [1.807, 2.05) is 24.3 Å². The molecule has 2 saturated carbocycles. The van der Waals surface area contributed by atoms with Gasteiger partial charge in [0.1, 0.15) is 6.61 Å². The normalized spacial score (nSPS) is 25.0. The van der Waals surface area contributed by atoms with Crippen molar-refractivity contribution in [1.82, 2.24) is 10.6 Å². The number of aliphatic carboxylic acids is 1. The van der Waals surface area contributed by atoms with Crippen molar-refractivity contribution in [2.45, 2.75) is 43.7 Å². The fourth-order valence-corrected chi connectivity index (χ4v) is 5.72. The van der Waals surface area contributed by atoms with Gasteiger partial charge >= 0.3 is 12.1 Å². The van der Waals surface area contributed by atoms with Crippen molar-refractivity contribution in [2.24, 2.45) is 11.3 Å². The number of carbonyl (C=O) groups excluding carboxylic acids is 2. The summed E-state index contributed by atoms with van der Waals surface area (Å²) in [5.41, 5.74) is 4.15. The fraction of sp³-hybridized carbons (Fsp3) is 0.423. The number of carbonyl (C=O) groups is 3. The first kappa shape index (κ1) is 22.4. The molecule has 2 amide bonds. The second-order valence-electron chi connectivity index (χ2n) is 9.56. The van der Waals surface area contributed by atoms with E-state index in [1.165, 1.54) is 11.1 Å². The van der Waals surface area contributed by atoms with Crippen molar-refractivity contribution >= 4 is 18.0 Å². The Hall–Kier alpha value is -3.39. The molecule has 3 aliphatic carbocycles. The van der Waals surface area contributed by atoms with Crippen LogP contribution in [-0.4, -0.2) is 53.5 Å². The summed E-state index contributed by atoms with van der Waals surface area (Å²) in [5, 5.41) is 23.7. The van der Waals surface area contributed by atoms with Gasteiger partial charge in [-0.1, -0.05) is 48.5 Å². The molecule has 0 aromatic heterocycles. The standard InChI is InChI=1S/C26H28N2O6/c29-22(23(30)31)9-10-27-24(32)26-12-15(26)11-16(13-26)28-25(33)34-14-21-19-7-3-1-5-17(19)18-6-2-4-8-20(18)21/h1-8,15-16,21-22,29H,9-14H2,(H,27,32)(H,28,33)(H,30,31)/t15?,16?,22-,26?/m0/s1. The molecule has 4 atom stereocenters. The van der Waals surface area contributed by atoms with Crippen molar-refractivity contribution in [1.29, 1.82) is 0 Å². The van der Waals surface area contributed by atoms with Crippen LogP contribution in [0.2, 0.25) is 0 Å².